The van der Waals surface area contributed by atoms with Gasteiger partial charge in [-0.05, 0) is 73.4 Å². The Bertz CT molecular complexity index is 1620. The van der Waals surface area contributed by atoms with Gasteiger partial charge in [-0.25, -0.2) is 0 Å². The highest BCUT2D eigenvalue weighted by Crippen LogP contribution is 2.42. The number of anilines is 2. The van der Waals surface area contributed by atoms with Gasteiger partial charge in [-0.2, -0.15) is 4.98 Å². The molecule has 0 bridgehead atoms. The van der Waals surface area contributed by atoms with E-state index in [1.807, 2.05) is 32.0 Å². The van der Waals surface area contributed by atoms with E-state index in [0.717, 1.165) is 83.8 Å². The fourth-order valence-electron chi connectivity index (χ4n) is 6.16. The lowest BCUT2D eigenvalue weighted by molar-refractivity contribution is -0.136. The number of fused-ring (bicyclic) bond motifs is 2. The molecule has 0 radical (unpaired) electrons. The number of hydrogen-bond donors (Lipinski definition) is 1. The molecule has 7 nitrogen and oxygen atoms in total. The summed E-state index contributed by atoms with van der Waals surface area (Å²) in [6.07, 6.45) is 2.97. The third-order valence-electron chi connectivity index (χ3n) is 8.53. The van der Waals surface area contributed by atoms with Crippen molar-refractivity contribution < 1.29 is 14.3 Å². The average molecular weight is 559 g/mol. The first kappa shape index (κ1) is 26.6. The van der Waals surface area contributed by atoms with Crippen LogP contribution in [0.15, 0.2) is 40.8 Å². The number of pyridine rings is 1. The molecule has 4 aromatic rings. The Hall–Kier alpha value is -3.58. The lowest BCUT2D eigenvalue weighted by Crippen LogP contribution is -2.38. The predicted octanol–water partition coefficient (Wildman–Crippen LogP) is 6.98. The van der Waals surface area contributed by atoms with Crippen LogP contribution in [0, 0.1) is 19.3 Å². The molecule has 2 aromatic heterocycles. The van der Waals surface area contributed by atoms with Crippen LogP contribution in [-0.4, -0.2) is 40.7 Å². The largest absolute Gasteiger partial charge is 0.481 e. The molecule has 1 fully saturated rings. The van der Waals surface area contributed by atoms with E-state index in [2.05, 4.69) is 46.8 Å². The van der Waals surface area contributed by atoms with Crippen molar-refractivity contribution in [2.24, 2.45) is 5.41 Å². The molecule has 0 amide bonds. The zero-order valence-corrected chi connectivity index (χ0v) is 24.3. The van der Waals surface area contributed by atoms with Crippen LogP contribution in [-0.2, 0) is 24.2 Å². The molecule has 0 unspecified atom stereocenters. The second-order valence-corrected chi connectivity index (χ2v) is 12.4. The Kier molecular flexibility index (Phi) is 6.73. The first-order valence-electron chi connectivity index (χ1n) is 14.0. The quantitative estimate of drug-likeness (QED) is 0.283. The van der Waals surface area contributed by atoms with Gasteiger partial charge in [-0.3, -0.25) is 9.78 Å². The van der Waals surface area contributed by atoms with Gasteiger partial charge in [0.05, 0.1) is 12.1 Å². The Morgan fingerprint density at radius 3 is 2.52 bits per heavy atom. The first-order valence-corrected chi connectivity index (χ1v) is 14.4. The van der Waals surface area contributed by atoms with Crippen molar-refractivity contribution >= 4 is 40.4 Å². The second-order valence-electron chi connectivity index (χ2n) is 12.0. The van der Waals surface area contributed by atoms with E-state index in [9.17, 15) is 9.90 Å². The fraction of sp³-hybridized carbons (Fsp3) is 0.406. The van der Waals surface area contributed by atoms with Crippen LogP contribution in [0.4, 0.5) is 11.7 Å². The Labute approximate surface area is 239 Å². The third-order valence-corrected chi connectivity index (χ3v) is 8.77. The van der Waals surface area contributed by atoms with Crippen LogP contribution in [0.25, 0.3) is 22.2 Å². The van der Waals surface area contributed by atoms with Crippen LogP contribution >= 0.6 is 11.6 Å². The zero-order chi connectivity index (χ0) is 28.2. The second kappa shape index (κ2) is 10.1. The van der Waals surface area contributed by atoms with Crippen LogP contribution in [0.3, 0.4) is 0 Å². The summed E-state index contributed by atoms with van der Waals surface area (Å²) in [5.74, 6) is -0.828. The molecule has 2 aromatic carbocycles. The number of aliphatic carboxylic acids is 1. The van der Waals surface area contributed by atoms with Gasteiger partial charge >= 0.3 is 5.97 Å². The highest BCUT2D eigenvalue weighted by Gasteiger charge is 2.31. The van der Waals surface area contributed by atoms with E-state index in [0.29, 0.717) is 23.0 Å². The molecular weight excluding hydrogens is 524 g/mol. The van der Waals surface area contributed by atoms with E-state index < -0.39 is 5.97 Å². The number of rotatable bonds is 5. The van der Waals surface area contributed by atoms with Crippen molar-refractivity contribution in [2.45, 2.75) is 59.9 Å². The molecule has 2 aliphatic rings. The number of nitrogens with zero attached hydrogens (tertiary/aromatic N) is 4. The summed E-state index contributed by atoms with van der Waals surface area (Å²) in [4.78, 5) is 26.0. The summed E-state index contributed by atoms with van der Waals surface area (Å²) in [7, 11) is 0. The maximum absolute atomic E-state index is 11.9. The molecule has 1 saturated heterocycles. The van der Waals surface area contributed by atoms with Crippen molar-refractivity contribution in [1.29, 1.82) is 0 Å². The van der Waals surface area contributed by atoms with Crippen LogP contribution < -0.4 is 9.80 Å². The molecule has 40 heavy (non-hydrogen) atoms. The Morgan fingerprint density at radius 2 is 1.77 bits per heavy atom. The zero-order valence-electron chi connectivity index (χ0n) is 23.6. The van der Waals surface area contributed by atoms with E-state index in [1.54, 1.807) is 0 Å². The minimum absolute atomic E-state index is 0.0308. The van der Waals surface area contributed by atoms with E-state index in [-0.39, 0.29) is 6.42 Å². The SMILES string of the molecule is Cc1nc(C)c(-c2ccc3c(c2)CCN(c2nc4cc(Cl)ccc4o2)C3)c(N2CCC(C)(C)CC2)c1CC(=O)O. The molecule has 4 heterocycles. The molecule has 0 spiro atoms. The van der Waals surface area contributed by atoms with Crippen molar-refractivity contribution in [1.82, 2.24) is 9.97 Å². The number of aryl methyl sites for hydroxylation is 2. The first-order chi connectivity index (χ1) is 19.1. The molecule has 208 valence electrons. The van der Waals surface area contributed by atoms with Crippen molar-refractivity contribution in [3.05, 3.63) is 69.5 Å². The standard InChI is InChI=1S/C32H35ClN4O3/c1-19-25(17-28(38)39)30(36-13-10-32(3,4)11-14-36)29(20(2)34-19)22-5-6-23-18-37(12-9-21(23)15-22)31-35-26-16-24(33)7-8-27(26)40-31/h5-8,15-16H,9-14,17-18H2,1-4H3,(H,38,39). The number of carboxylic acid groups (broad SMARTS) is 1. The number of benzene rings is 2. The predicted molar refractivity (Wildman–Crippen MR) is 159 cm³/mol. The number of carboxylic acids is 1. The summed E-state index contributed by atoms with van der Waals surface area (Å²) in [5, 5.41) is 10.4. The van der Waals surface area contributed by atoms with Crippen molar-refractivity contribution in [2.75, 3.05) is 29.4 Å². The number of carbonyl (C=O) groups is 1. The van der Waals surface area contributed by atoms with Gasteiger partial charge in [-0.1, -0.05) is 43.6 Å². The number of aromatic nitrogens is 2. The van der Waals surface area contributed by atoms with Gasteiger partial charge < -0.3 is 19.3 Å². The Balaban J connectivity index is 1.37. The summed E-state index contributed by atoms with van der Waals surface area (Å²) in [5.41, 5.74) is 10.1. The number of oxazole rings is 1. The number of piperidine rings is 1. The van der Waals surface area contributed by atoms with E-state index in [4.69, 9.17) is 21.0 Å². The normalized spacial score (nSPS) is 16.8. The van der Waals surface area contributed by atoms with Crippen molar-refractivity contribution in [3.8, 4) is 11.1 Å². The maximum Gasteiger partial charge on any atom is 0.307 e. The van der Waals surface area contributed by atoms with Crippen LogP contribution in [0.2, 0.25) is 5.02 Å². The Morgan fingerprint density at radius 1 is 1.00 bits per heavy atom. The summed E-state index contributed by atoms with van der Waals surface area (Å²) >= 11 is 6.14. The summed E-state index contributed by atoms with van der Waals surface area (Å²) in [6.45, 7) is 11.9. The van der Waals surface area contributed by atoms with Gasteiger partial charge in [0.15, 0.2) is 5.58 Å². The molecule has 1 N–H and O–H groups in total. The highest BCUT2D eigenvalue weighted by atomic mass is 35.5. The monoisotopic (exact) mass is 558 g/mol. The molecule has 0 aliphatic carbocycles. The van der Waals surface area contributed by atoms with E-state index in [1.165, 1.54) is 11.1 Å². The molecule has 0 atom stereocenters. The van der Waals surface area contributed by atoms with Gasteiger partial charge in [-0.15, -0.1) is 0 Å². The fourth-order valence-corrected chi connectivity index (χ4v) is 6.32. The maximum atomic E-state index is 11.9. The molecular formula is C32H35ClN4O3. The third kappa shape index (κ3) is 5.03. The van der Waals surface area contributed by atoms with Gasteiger partial charge in [0.2, 0.25) is 0 Å². The molecule has 0 saturated carbocycles. The number of hydrogen-bond acceptors (Lipinski definition) is 6. The topological polar surface area (TPSA) is 82.7 Å². The molecule has 6 rings (SSSR count). The van der Waals surface area contributed by atoms with Crippen LogP contribution in [0.5, 0.6) is 0 Å². The summed E-state index contributed by atoms with van der Waals surface area (Å²) in [6, 6.07) is 12.7. The van der Waals surface area contributed by atoms with Gasteiger partial charge in [0, 0.05) is 53.7 Å². The summed E-state index contributed by atoms with van der Waals surface area (Å²) < 4.78 is 6.03. The van der Waals surface area contributed by atoms with Gasteiger partial charge in [0.25, 0.3) is 6.01 Å². The highest BCUT2D eigenvalue weighted by molar-refractivity contribution is 6.31. The lowest BCUT2D eigenvalue weighted by Gasteiger charge is -2.40. The molecule has 8 heteroatoms. The minimum atomic E-state index is -0.828. The van der Waals surface area contributed by atoms with Crippen LogP contribution in [0.1, 0.15) is 54.8 Å². The van der Waals surface area contributed by atoms with Gasteiger partial charge in [0.1, 0.15) is 5.52 Å². The number of halogens is 1. The smallest absolute Gasteiger partial charge is 0.307 e. The molecule has 2 aliphatic heterocycles. The average Bonchev–Trinajstić information content (AvgIpc) is 3.33. The minimum Gasteiger partial charge on any atom is -0.481 e. The van der Waals surface area contributed by atoms with Crippen molar-refractivity contribution in [3.63, 3.8) is 0 Å². The van der Waals surface area contributed by atoms with E-state index >= 15 is 0 Å². The lowest BCUT2D eigenvalue weighted by atomic mass is 9.82.